The Morgan fingerprint density at radius 1 is 1.18 bits per heavy atom. The lowest BCUT2D eigenvalue weighted by molar-refractivity contribution is -0.152. The van der Waals surface area contributed by atoms with Crippen LogP contribution >= 0.6 is 0 Å². The third-order valence-corrected chi connectivity index (χ3v) is 4.72. The summed E-state index contributed by atoms with van der Waals surface area (Å²) in [6.07, 6.45) is 3.62. The van der Waals surface area contributed by atoms with Crippen LogP contribution in [0, 0.1) is 23.7 Å². The minimum atomic E-state index is -0.528. The predicted molar refractivity (Wildman–Crippen MR) is 88.3 cm³/mol. The molecule has 0 aromatic carbocycles. The van der Waals surface area contributed by atoms with E-state index in [1.165, 1.54) is 6.42 Å². The fraction of sp³-hybridized carbons (Fsp3) is 0.889. The Hall–Kier alpha value is -1.06. The molecule has 1 amide bonds. The van der Waals surface area contributed by atoms with E-state index < -0.39 is 6.04 Å². The van der Waals surface area contributed by atoms with Crippen molar-refractivity contribution in [1.82, 2.24) is 5.32 Å². The molecule has 0 aromatic heterocycles. The molecule has 4 nitrogen and oxygen atoms in total. The van der Waals surface area contributed by atoms with E-state index in [0.717, 1.165) is 12.8 Å². The number of rotatable bonds is 6. The summed E-state index contributed by atoms with van der Waals surface area (Å²) >= 11 is 0. The highest BCUT2D eigenvalue weighted by Crippen LogP contribution is 2.38. The molecule has 1 saturated carbocycles. The largest absolute Gasteiger partial charge is 0.461 e. The van der Waals surface area contributed by atoms with E-state index in [9.17, 15) is 9.59 Å². The number of amides is 1. The van der Waals surface area contributed by atoms with Gasteiger partial charge in [0.25, 0.3) is 0 Å². The zero-order valence-corrected chi connectivity index (χ0v) is 15.0. The van der Waals surface area contributed by atoms with Crippen LogP contribution in [0.2, 0.25) is 0 Å². The molecule has 1 fully saturated rings. The molecule has 0 bridgehead atoms. The second kappa shape index (κ2) is 8.54. The first-order valence-corrected chi connectivity index (χ1v) is 8.77. The summed E-state index contributed by atoms with van der Waals surface area (Å²) in [5.41, 5.74) is 0. The molecular weight excluding hydrogens is 278 g/mol. The fourth-order valence-corrected chi connectivity index (χ4v) is 3.42. The van der Waals surface area contributed by atoms with Crippen molar-refractivity contribution in [1.29, 1.82) is 0 Å². The summed E-state index contributed by atoms with van der Waals surface area (Å²) in [5, 5.41) is 2.93. The van der Waals surface area contributed by atoms with Gasteiger partial charge >= 0.3 is 5.97 Å². The standard InChI is InChI=1S/C18H33NO3/c1-7-16(18(21)22-12(4)5)19-17(20)15-10-13(6)8-9-14(15)11(2)3/h11-16H,7-10H2,1-6H3,(H,19,20)/t13-,14+,15-,16?/m1/s1. The number of carbonyl (C=O) groups is 2. The van der Waals surface area contributed by atoms with E-state index in [1.54, 1.807) is 0 Å². The van der Waals surface area contributed by atoms with Gasteiger partial charge in [0.05, 0.1) is 6.10 Å². The highest BCUT2D eigenvalue weighted by atomic mass is 16.5. The van der Waals surface area contributed by atoms with Crippen LogP contribution in [0.3, 0.4) is 0 Å². The lowest BCUT2D eigenvalue weighted by Gasteiger charge is -2.37. The smallest absolute Gasteiger partial charge is 0.328 e. The topological polar surface area (TPSA) is 55.4 Å². The number of esters is 1. The van der Waals surface area contributed by atoms with Crippen LogP contribution < -0.4 is 5.32 Å². The van der Waals surface area contributed by atoms with Crippen LogP contribution in [-0.4, -0.2) is 24.0 Å². The van der Waals surface area contributed by atoms with Gasteiger partial charge < -0.3 is 10.1 Å². The van der Waals surface area contributed by atoms with Crippen molar-refractivity contribution in [2.24, 2.45) is 23.7 Å². The van der Waals surface area contributed by atoms with Gasteiger partial charge in [-0.3, -0.25) is 4.79 Å². The summed E-state index contributed by atoms with van der Waals surface area (Å²) in [5.74, 6) is 1.20. The normalized spacial score (nSPS) is 26.8. The molecule has 4 atom stereocenters. The molecule has 1 rings (SSSR count). The molecule has 0 aliphatic heterocycles. The van der Waals surface area contributed by atoms with Crippen LogP contribution in [0.1, 0.15) is 67.2 Å². The molecule has 0 aromatic rings. The minimum absolute atomic E-state index is 0.0182. The average Bonchev–Trinajstić information content (AvgIpc) is 2.43. The second-order valence-corrected chi connectivity index (χ2v) is 7.39. The Morgan fingerprint density at radius 2 is 1.82 bits per heavy atom. The summed E-state index contributed by atoms with van der Waals surface area (Å²) in [6, 6.07) is -0.528. The van der Waals surface area contributed by atoms with E-state index in [1.807, 2.05) is 20.8 Å². The first-order chi connectivity index (χ1) is 10.3. The van der Waals surface area contributed by atoms with Gasteiger partial charge in [-0.05, 0) is 50.9 Å². The van der Waals surface area contributed by atoms with Gasteiger partial charge in [0.1, 0.15) is 6.04 Å². The Labute approximate surface area is 135 Å². The average molecular weight is 311 g/mol. The van der Waals surface area contributed by atoms with E-state index in [4.69, 9.17) is 4.74 Å². The van der Waals surface area contributed by atoms with Gasteiger partial charge in [-0.15, -0.1) is 0 Å². The Bertz CT molecular complexity index is 379. The van der Waals surface area contributed by atoms with Crippen LogP contribution in [0.4, 0.5) is 0 Å². The monoisotopic (exact) mass is 311 g/mol. The second-order valence-electron chi connectivity index (χ2n) is 7.39. The van der Waals surface area contributed by atoms with Gasteiger partial charge in [-0.1, -0.05) is 34.1 Å². The van der Waals surface area contributed by atoms with Crippen LogP contribution in [0.15, 0.2) is 0 Å². The highest BCUT2D eigenvalue weighted by molar-refractivity contribution is 5.86. The molecule has 0 saturated heterocycles. The van der Waals surface area contributed by atoms with Crippen LogP contribution in [0.5, 0.6) is 0 Å². The van der Waals surface area contributed by atoms with Gasteiger partial charge in [-0.2, -0.15) is 0 Å². The fourth-order valence-electron chi connectivity index (χ4n) is 3.42. The van der Waals surface area contributed by atoms with E-state index >= 15 is 0 Å². The summed E-state index contributed by atoms with van der Waals surface area (Å²) in [7, 11) is 0. The van der Waals surface area contributed by atoms with Crippen LogP contribution in [0.25, 0.3) is 0 Å². The number of ether oxygens (including phenoxy) is 1. The molecule has 22 heavy (non-hydrogen) atoms. The molecule has 4 heteroatoms. The van der Waals surface area contributed by atoms with E-state index in [-0.39, 0.29) is 23.9 Å². The van der Waals surface area contributed by atoms with E-state index in [0.29, 0.717) is 24.2 Å². The molecule has 0 spiro atoms. The third kappa shape index (κ3) is 5.29. The first-order valence-electron chi connectivity index (χ1n) is 8.77. The zero-order chi connectivity index (χ0) is 16.9. The summed E-state index contributed by atoms with van der Waals surface area (Å²) in [4.78, 5) is 24.7. The van der Waals surface area contributed by atoms with Crippen molar-refractivity contribution in [2.75, 3.05) is 0 Å². The quantitative estimate of drug-likeness (QED) is 0.763. The zero-order valence-electron chi connectivity index (χ0n) is 15.0. The van der Waals surface area contributed by atoms with Gasteiger partial charge in [0, 0.05) is 5.92 Å². The maximum atomic E-state index is 12.7. The number of hydrogen-bond acceptors (Lipinski definition) is 3. The molecule has 1 N–H and O–H groups in total. The van der Waals surface area contributed by atoms with Gasteiger partial charge in [0.15, 0.2) is 0 Å². The molecular formula is C18H33NO3. The number of nitrogens with one attached hydrogen (secondary N) is 1. The predicted octanol–water partition coefficient (Wildman–Crippen LogP) is 3.54. The van der Waals surface area contributed by atoms with Crippen molar-refractivity contribution in [3.05, 3.63) is 0 Å². The molecule has 0 radical (unpaired) electrons. The third-order valence-electron chi connectivity index (χ3n) is 4.72. The van der Waals surface area contributed by atoms with Gasteiger partial charge in [-0.25, -0.2) is 4.79 Å². The van der Waals surface area contributed by atoms with Crippen molar-refractivity contribution in [2.45, 2.75) is 79.4 Å². The van der Waals surface area contributed by atoms with E-state index in [2.05, 4.69) is 26.1 Å². The highest BCUT2D eigenvalue weighted by Gasteiger charge is 2.36. The molecule has 128 valence electrons. The Kier molecular flexibility index (Phi) is 7.37. The number of carbonyl (C=O) groups excluding carboxylic acids is 2. The molecule has 1 unspecified atom stereocenters. The lowest BCUT2D eigenvalue weighted by Crippen LogP contribution is -2.47. The van der Waals surface area contributed by atoms with Crippen LogP contribution in [-0.2, 0) is 14.3 Å². The van der Waals surface area contributed by atoms with Crippen molar-refractivity contribution >= 4 is 11.9 Å². The molecule has 1 aliphatic carbocycles. The maximum Gasteiger partial charge on any atom is 0.328 e. The van der Waals surface area contributed by atoms with Crippen molar-refractivity contribution in [3.8, 4) is 0 Å². The molecule has 0 heterocycles. The first kappa shape index (κ1) is 19.0. The summed E-state index contributed by atoms with van der Waals surface area (Å²) in [6.45, 7) is 12.1. The number of hydrogen-bond donors (Lipinski definition) is 1. The Balaban J connectivity index is 2.72. The lowest BCUT2D eigenvalue weighted by atomic mass is 9.69. The SMILES string of the molecule is CCC(NC(=O)[C@@H]1C[C@H](C)CC[C@H]1C(C)C)C(=O)OC(C)C. The Morgan fingerprint density at radius 3 is 2.32 bits per heavy atom. The minimum Gasteiger partial charge on any atom is -0.461 e. The van der Waals surface area contributed by atoms with Crippen molar-refractivity contribution < 1.29 is 14.3 Å². The molecule has 1 aliphatic rings. The summed E-state index contributed by atoms with van der Waals surface area (Å²) < 4.78 is 5.23. The van der Waals surface area contributed by atoms with Gasteiger partial charge in [0.2, 0.25) is 5.91 Å². The maximum absolute atomic E-state index is 12.7. The van der Waals surface area contributed by atoms with Crippen molar-refractivity contribution in [3.63, 3.8) is 0 Å².